The Morgan fingerprint density at radius 1 is 1.15 bits per heavy atom. The van der Waals surface area contributed by atoms with Gasteiger partial charge in [0.25, 0.3) is 0 Å². The Kier molecular flexibility index (Phi) is 4.49. The van der Waals surface area contributed by atoms with Crippen LogP contribution in [0, 0.1) is 18.6 Å². The minimum absolute atomic E-state index is 0.431. The second-order valence-electron chi connectivity index (χ2n) is 5.87. The Morgan fingerprint density at radius 2 is 1.92 bits per heavy atom. The Morgan fingerprint density at radius 3 is 2.50 bits per heavy atom. The average Bonchev–Trinajstić information content (AvgIpc) is 3.07. The number of alkyl halides is 2. The van der Waals surface area contributed by atoms with Crippen molar-refractivity contribution < 1.29 is 22.7 Å². The highest BCUT2D eigenvalue weighted by molar-refractivity contribution is 5.31. The highest BCUT2D eigenvalue weighted by Gasteiger charge is 2.57. The molecule has 0 spiro atoms. The smallest absolute Gasteiger partial charge is 0.323 e. The fourth-order valence-corrected chi connectivity index (χ4v) is 2.59. The number of aryl methyl sites for hydroxylation is 1. The molecule has 1 atom stereocenters. The number of aliphatic hydroxyl groups is 1. The number of aromatic nitrogens is 4. The van der Waals surface area contributed by atoms with Crippen molar-refractivity contribution in [1.29, 1.82) is 0 Å². The molecule has 0 saturated carbocycles. The van der Waals surface area contributed by atoms with E-state index in [0.717, 1.165) is 35.5 Å². The van der Waals surface area contributed by atoms with E-state index in [4.69, 9.17) is 0 Å². The molecule has 26 heavy (non-hydrogen) atoms. The summed E-state index contributed by atoms with van der Waals surface area (Å²) in [6.45, 7) is 0.842. The van der Waals surface area contributed by atoms with Gasteiger partial charge in [-0.15, -0.1) is 0 Å². The van der Waals surface area contributed by atoms with Crippen LogP contribution >= 0.6 is 0 Å². The minimum atomic E-state index is -4.01. The van der Waals surface area contributed by atoms with Crippen molar-refractivity contribution in [2.45, 2.75) is 25.0 Å². The van der Waals surface area contributed by atoms with Crippen molar-refractivity contribution in [1.82, 2.24) is 19.7 Å². The van der Waals surface area contributed by atoms with Crippen LogP contribution in [-0.4, -0.2) is 24.9 Å². The molecule has 0 radical (unpaired) electrons. The van der Waals surface area contributed by atoms with Gasteiger partial charge in [-0.05, 0) is 30.7 Å². The van der Waals surface area contributed by atoms with Crippen LogP contribution in [0.25, 0.3) is 0 Å². The number of pyridine rings is 1. The summed E-state index contributed by atoms with van der Waals surface area (Å²) in [5.74, 6) is -6.27. The van der Waals surface area contributed by atoms with Crippen molar-refractivity contribution in [3.8, 4) is 0 Å². The van der Waals surface area contributed by atoms with Crippen LogP contribution < -0.4 is 0 Å². The summed E-state index contributed by atoms with van der Waals surface area (Å²) in [6, 6.07) is 4.45. The molecule has 2 heterocycles. The molecule has 0 aliphatic rings. The van der Waals surface area contributed by atoms with E-state index in [1.165, 1.54) is 12.3 Å². The lowest BCUT2D eigenvalue weighted by Gasteiger charge is -2.36. The van der Waals surface area contributed by atoms with Crippen LogP contribution in [0.1, 0.15) is 16.8 Å². The van der Waals surface area contributed by atoms with Gasteiger partial charge in [0, 0.05) is 17.8 Å². The third-order valence-electron chi connectivity index (χ3n) is 3.99. The molecule has 9 heteroatoms. The highest BCUT2D eigenvalue weighted by Crippen LogP contribution is 2.46. The lowest BCUT2D eigenvalue weighted by Crippen LogP contribution is -2.48. The van der Waals surface area contributed by atoms with E-state index in [2.05, 4.69) is 15.1 Å². The van der Waals surface area contributed by atoms with Crippen LogP contribution in [-0.2, 0) is 18.1 Å². The molecule has 0 fully saturated rings. The zero-order chi connectivity index (χ0) is 18.9. The number of rotatable bonds is 5. The molecule has 5 nitrogen and oxygen atoms in total. The van der Waals surface area contributed by atoms with Crippen LogP contribution in [0.2, 0.25) is 0 Å². The highest BCUT2D eigenvalue weighted by atomic mass is 19.3. The molecule has 2 aromatic heterocycles. The van der Waals surface area contributed by atoms with Gasteiger partial charge in [0.15, 0.2) is 5.60 Å². The van der Waals surface area contributed by atoms with Gasteiger partial charge < -0.3 is 5.11 Å². The number of halogens is 4. The second kappa shape index (κ2) is 6.49. The van der Waals surface area contributed by atoms with Gasteiger partial charge >= 0.3 is 5.92 Å². The molecule has 1 aromatic carbocycles. The van der Waals surface area contributed by atoms with E-state index in [1.807, 2.05) is 0 Å². The van der Waals surface area contributed by atoms with Crippen molar-refractivity contribution in [2.75, 3.05) is 0 Å². The molecule has 1 unspecified atom stereocenters. The van der Waals surface area contributed by atoms with Gasteiger partial charge in [0.1, 0.15) is 30.0 Å². The van der Waals surface area contributed by atoms with E-state index in [9.17, 15) is 13.9 Å². The monoisotopic (exact) mass is 366 g/mol. The number of hydrogen-bond donors (Lipinski definition) is 1. The maximum atomic E-state index is 15.3. The van der Waals surface area contributed by atoms with Gasteiger partial charge in [0.2, 0.25) is 0 Å². The molecule has 0 bridgehead atoms. The van der Waals surface area contributed by atoms with Gasteiger partial charge in [-0.1, -0.05) is 6.07 Å². The van der Waals surface area contributed by atoms with Crippen LogP contribution in [0.15, 0.2) is 49.2 Å². The first-order chi connectivity index (χ1) is 12.2. The lowest BCUT2D eigenvalue weighted by atomic mass is 9.84. The van der Waals surface area contributed by atoms with Crippen LogP contribution in [0.4, 0.5) is 17.6 Å². The Hall–Kier alpha value is -2.81. The SMILES string of the molecule is Cc1ccc(C(F)(F)C(O)(Cn2cncn2)c2ccc(F)cc2F)nc1. The summed E-state index contributed by atoms with van der Waals surface area (Å²) >= 11 is 0. The summed E-state index contributed by atoms with van der Waals surface area (Å²) in [6.07, 6.45) is 3.40. The van der Waals surface area contributed by atoms with Gasteiger partial charge in [-0.25, -0.2) is 18.4 Å². The lowest BCUT2D eigenvalue weighted by molar-refractivity contribution is -0.207. The van der Waals surface area contributed by atoms with Gasteiger partial charge in [0.05, 0.1) is 6.54 Å². The maximum Gasteiger partial charge on any atom is 0.323 e. The molecular formula is C17H14F4N4O. The fourth-order valence-electron chi connectivity index (χ4n) is 2.59. The fraction of sp³-hybridized carbons (Fsp3) is 0.235. The first-order valence-electron chi connectivity index (χ1n) is 7.55. The molecule has 0 aliphatic heterocycles. The standard InChI is InChI=1S/C17H14F4N4O/c1-11-2-5-15(23-7-11)17(20,21)16(26,8-25-10-22-9-24-25)13-4-3-12(18)6-14(13)19/h2-7,9-10,26H,8H2,1H3. The van der Waals surface area contributed by atoms with E-state index in [1.54, 1.807) is 6.92 Å². The molecule has 136 valence electrons. The largest absolute Gasteiger partial charge is 0.377 e. The van der Waals surface area contributed by atoms with Crippen molar-refractivity contribution in [2.24, 2.45) is 0 Å². The number of hydrogen-bond acceptors (Lipinski definition) is 4. The quantitative estimate of drug-likeness (QED) is 0.706. The Labute approximate surface area is 146 Å². The van der Waals surface area contributed by atoms with E-state index in [-0.39, 0.29) is 0 Å². The second-order valence-corrected chi connectivity index (χ2v) is 5.87. The summed E-state index contributed by atoms with van der Waals surface area (Å²) < 4.78 is 59.0. The Balaban J connectivity index is 2.17. The molecule has 1 N–H and O–H groups in total. The van der Waals surface area contributed by atoms with Gasteiger partial charge in [-0.3, -0.25) is 4.98 Å². The van der Waals surface area contributed by atoms with Crippen molar-refractivity contribution in [3.63, 3.8) is 0 Å². The third-order valence-corrected chi connectivity index (χ3v) is 3.99. The zero-order valence-electron chi connectivity index (χ0n) is 13.6. The first-order valence-corrected chi connectivity index (χ1v) is 7.55. The van der Waals surface area contributed by atoms with E-state index >= 15 is 8.78 Å². The molecule has 0 aliphatic carbocycles. The number of benzene rings is 1. The molecule has 3 rings (SSSR count). The summed E-state index contributed by atoms with van der Waals surface area (Å²) in [5.41, 5.74) is -3.98. The molecule has 0 amide bonds. The topological polar surface area (TPSA) is 63.8 Å². The van der Waals surface area contributed by atoms with Crippen molar-refractivity contribution in [3.05, 3.63) is 77.6 Å². The molecule has 0 saturated heterocycles. The Bertz CT molecular complexity index is 900. The van der Waals surface area contributed by atoms with Crippen molar-refractivity contribution >= 4 is 0 Å². The summed E-state index contributed by atoms with van der Waals surface area (Å²) in [4.78, 5) is 7.30. The normalized spacial score (nSPS) is 14.2. The predicted molar refractivity (Wildman–Crippen MR) is 83.1 cm³/mol. The third kappa shape index (κ3) is 3.05. The van der Waals surface area contributed by atoms with E-state index < -0.39 is 41.0 Å². The van der Waals surface area contributed by atoms with Crippen LogP contribution in [0.3, 0.4) is 0 Å². The minimum Gasteiger partial charge on any atom is -0.377 e. The number of nitrogens with zero attached hydrogens (tertiary/aromatic N) is 4. The van der Waals surface area contributed by atoms with E-state index in [0.29, 0.717) is 11.6 Å². The molecule has 3 aromatic rings. The first kappa shape index (κ1) is 18.0. The summed E-state index contributed by atoms with van der Waals surface area (Å²) in [7, 11) is 0. The van der Waals surface area contributed by atoms with Gasteiger partial charge in [-0.2, -0.15) is 13.9 Å². The maximum absolute atomic E-state index is 15.3. The average molecular weight is 366 g/mol. The summed E-state index contributed by atoms with van der Waals surface area (Å²) in [5, 5.41) is 14.6. The zero-order valence-corrected chi connectivity index (χ0v) is 13.6. The van der Waals surface area contributed by atoms with Crippen LogP contribution in [0.5, 0.6) is 0 Å². The molecular weight excluding hydrogens is 352 g/mol. The predicted octanol–water partition coefficient (Wildman–Crippen LogP) is 2.94.